The lowest BCUT2D eigenvalue weighted by molar-refractivity contribution is -0.141. The molecule has 0 spiro atoms. The van der Waals surface area contributed by atoms with Gasteiger partial charge in [0.25, 0.3) is 0 Å². The largest absolute Gasteiger partial charge is 0.350 e. The maximum absolute atomic E-state index is 12.6. The van der Waals surface area contributed by atoms with Gasteiger partial charge in [0.1, 0.15) is 0 Å². The van der Waals surface area contributed by atoms with Gasteiger partial charge >= 0.3 is 0 Å². The van der Waals surface area contributed by atoms with Crippen LogP contribution in [0.25, 0.3) is 0 Å². The van der Waals surface area contributed by atoms with Gasteiger partial charge in [-0.3, -0.25) is 29.0 Å². The van der Waals surface area contributed by atoms with Crippen molar-refractivity contribution in [3.8, 4) is 0 Å². The van der Waals surface area contributed by atoms with Crippen molar-refractivity contribution in [2.75, 3.05) is 39.3 Å². The zero-order valence-electron chi connectivity index (χ0n) is 17.9. The molecule has 0 aromatic rings. The monoisotopic (exact) mass is 406 g/mol. The molecule has 2 saturated heterocycles. The van der Waals surface area contributed by atoms with Crippen molar-refractivity contribution >= 4 is 23.6 Å². The number of rotatable bonds is 5. The molecule has 0 radical (unpaired) electrons. The van der Waals surface area contributed by atoms with Crippen LogP contribution in [0, 0.1) is 11.8 Å². The molecule has 0 unspecified atom stereocenters. The van der Waals surface area contributed by atoms with Gasteiger partial charge in [-0.2, -0.15) is 0 Å². The predicted molar refractivity (Wildman–Crippen MR) is 108 cm³/mol. The SMILES string of the molecule is CC(C)(C)NC(=O)CN1CCN(C(=O)CCN2C(=O)[C@@H]3CCCC[C@H]3C2=O)CC1. The van der Waals surface area contributed by atoms with Crippen LogP contribution in [0.4, 0.5) is 0 Å². The van der Waals surface area contributed by atoms with E-state index < -0.39 is 0 Å². The molecule has 4 amide bonds. The fourth-order valence-electron chi connectivity index (χ4n) is 4.63. The van der Waals surface area contributed by atoms with E-state index in [4.69, 9.17) is 0 Å². The maximum atomic E-state index is 12.6. The molecule has 162 valence electrons. The van der Waals surface area contributed by atoms with E-state index in [2.05, 4.69) is 5.32 Å². The van der Waals surface area contributed by atoms with Gasteiger partial charge in [-0.15, -0.1) is 0 Å². The summed E-state index contributed by atoms with van der Waals surface area (Å²) in [7, 11) is 0. The average Bonchev–Trinajstić information content (AvgIpc) is 2.90. The first kappa shape index (κ1) is 21.7. The van der Waals surface area contributed by atoms with Crippen LogP contribution in [-0.4, -0.2) is 83.1 Å². The highest BCUT2D eigenvalue weighted by Gasteiger charge is 2.47. The highest BCUT2D eigenvalue weighted by atomic mass is 16.2. The van der Waals surface area contributed by atoms with E-state index in [0.717, 1.165) is 25.7 Å². The fourth-order valence-corrected chi connectivity index (χ4v) is 4.63. The van der Waals surface area contributed by atoms with Crippen LogP contribution in [0.3, 0.4) is 0 Å². The molecule has 0 bridgehead atoms. The minimum absolute atomic E-state index is 0.00944. The summed E-state index contributed by atoms with van der Waals surface area (Å²) in [6.07, 6.45) is 3.78. The number of amides is 4. The third-order valence-corrected chi connectivity index (χ3v) is 6.09. The lowest BCUT2D eigenvalue weighted by Gasteiger charge is -2.35. The fraction of sp³-hybridized carbons (Fsp3) is 0.810. The van der Waals surface area contributed by atoms with Crippen LogP contribution in [0.5, 0.6) is 0 Å². The number of imide groups is 1. The maximum Gasteiger partial charge on any atom is 0.234 e. The number of carbonyl (C=O) groups is 4. The van der Waals surface area contributed by atoms with Crippen LogP contribution >= 0.6 is 0 Å². The van der Waals surface area contributed by atoms with Gasteiger partial charge in [0.2, 0.25) is 23.6 Å². The van der Waals surface area contributed by atoms with E-state index in [1.165, 1.54) is 4.90 Å². The molecule has 3 fully saturated rings. The van der Waals surface area contributed by atoms with E-state index in [9.17, 15) is 19.2 Å². The summed E-state index contributed by atoms with van der Waals surface area (Å²) in [4.78, 5) is 54.8. The van der Waals surface area contributed by atoms with Crippen LogP contribution in [0.1, 0.15) is 52.9 Å². The first-order chi connectivity index (χ1) is 13.7. The van der Waals surface area contributed by atoms with Crippen LogP contribution in [0.15, 0.2) is 0 Å². The predicted octanol–water partition coefficient (Wildman–Crippen LogP) is 0.611. The van der Waals surface area contributed by atoms with Crippen LogP contribution in [0.2, 0.25) is 0 Å². The molecular formula is C21H34N4O4. The molecule has 1 N–H and O–H groups in total. The van der Waals surface area contributed by atoms with Crippen LogP contribution in [-0.2, 0) is 19.2 Å². The third kappa shape index (κ3) is 5.35. The Labute approximate surface area is 172 Å². The molecule has 2 atom stereocenters. The van der Waals surface area contributed by atoms with Gasteiger partial charge in [0.05, 0.1) is 18.4 Å². The summed E-state index contributed by atoms with van der Waals surface area (Å²) in [5.41, 5.74) is -0.253. The molecule has 2 aliphatic heterocycles. The molecule has 2 heterocycles. The molecule has 3 rings (SSSR count). The van der Waals surface area contributed by atoms with E-state index in [0.29, 0.717) is 32.7 Å². The minimum Gasteiger partial charge on any atom is -0.350 e. The van der Waals surface area contributed by atoms with E-state index in [1.54, 1.807) is 4.90 Å². The van der Waals surface area contributed by atoms with Gasteiger partial charge in [-0.25, -0.2) is 0 Å². The Morgan fingerprint density at radius 1 is 0.966 bits per heavy atom. The molecule has 1 saturated carbocycles. The number of carbonyl (C=O) groups excluding carboxylic acids is 4. The molecule has 29 heavy (non-hydrogen) atoms. The molecule has 8 heteroatoms. The summed E-state index contributed by atoms with van der Waals surface area (Å²) in [5, 5.41) is 2.95. The summed E-state index contributed by atoms with van der Waals surface area (Å²) in [6, 6.07) is 0. The standard InChI is InChI=1S/C21H34N4O4/c1-21(2,3)22-17(26)14-23-10-12-24(13-11-23)18(27)8-9-25-19(28)15-6-4-5-7-16(15)20(25)29/h15-16H,4-14H2,1-3H3,(H,22,26)/t15-,16-/m1/s1. The van der Waals surface area contributed by atoms with E-state index in [1.807, 2.05) is 25.7 Å². The van der Waals surface area contributed by atoms with Crippen molar-refractivity contribution in [2.45, 2.75) is 58.4 Å². The Kier molecular flexibility index (Phi) is 6.61. The summed E-state index contributed by atoms with van der Waals surface area (Å²) >= 11 is 0. The summed E-state index contributed by atoms with van der Waals surface area (Å²) in [6.45, 7) is 8.80. The highest BCUT2D eigenvalue weighted by molar-refractivity contribution is 6.05. The Morgan fingerprint density at radius 2 is 1.52 bits per heavy atom. The molecule has 0 aromatic carbocycles. The molecule has 8 nitrogen and oxygen atoms in total. The molecular weight excluding hydrogens is 372 g/mol. The first-order valence-electron chi connectivity index (χ1n) is 10.8. The molecule has 3 aliphatic rings. The van der Waals surface area contributed by atoms with Crippen molar-refractivity contribution in [2.24, 2.45) is 11.8 Å². The minimum atomic E-state index is -0.253. The van der Waals surface area contributed by atoms with Crippen molar-refractivity contribution in [3.63, 3.8) is 0 Å². The second-order valence-electron chi connectivity index (χ2n) is 9.53. The lowest BCUT2D eigenvalue weighted by Crippen LogP contribution is -2.53. The lowest BCUT2D eigenvalue weighted by atomic mass is 9.81. The molecule has 1 aliphatic carbocycles. The Hall–Kier alpha value is -1.96. The Balaban J connectivity index is 1.42. The zero-order valence-corrected chi connectivity index (χ0v) is 17.9. The smallest absolute Gasteiger partial charge is 0.234 e. The second kappa shape index (κ2) is 8.81. The zero-order chi connectivity index (χ0) is 21.2. The first-order valence-corrected chi connectivity index (χ1v) is 10.8. The molecule has 0 aromatic heterocycles. The van der Waals surface area contributed by atoms with Crippen LogP contribution < -0.4 is 5.32 Å². The number of fused-ring (bicyclic) bond motifs is 1. The van der Waals surface area contributed by atoms with E-state index in [-0.39, 0.29) is 54.0 Å². The number of nitrogens with zero attached hydrogens (tertiary/aromatic N) is 3. The van der Waals surface area contributed by atoms with Gasteiger partial charge < -0.3 is 10.2 Å². The van der Waals surface area contributed by atoms with Gasteiger partial charge in [0.15, 0.2) is 0 Å². The normalized spacial score (nSPS) is 25.9. The van der Waals surface area contributed by atoms with Crippen molar-refractivity contribution < 1.29 is 19.2 Å². The Morgan fingerprint density at radius 3 is 2.03 bits per heavy atom. The third-order valence-electron chi connectivity index (χ3n) is 6.09. The number of piperazine rings is 1. The quantitative estimate of drug-likeness (QED) is 0.676. The van der Waals surface area contributed by atoms with Crippen molar-refractivity contribution in [1.82, 2.24) is 20.0 Å². The Bertz CT molecular complexity index is 640. The topological polar surface area (TPSA) is 90.0 Å². The van der Waals surface area contributed by atoms with Crippen molar-refractivity contribution in [1.29, 1.82) is 0 Å². The van der Waals surface area contributed by atoms with Gasteiger partial charge in [0, 0.05) is 44.7 Å². The van der Waals surface area contributed by atoms with Crippen molar-refractivity contribution in [3.05, 3.63) is 0 Å². The second-order valence-corrected chi connectivity index (χ2v) is 9.53. The van der Waals surface area contributed by atoms with Gasteiger partial charge in [-0.05, 0) is 33.6 Å². The number of nitrogens with one attached hydrogen (secondary N) is 1. The number of hydrogen-bond acceptors (Lipinski definition) is 5. The number of likely N-dealkylation sites (tertiary alicyclic amines) is 1. The summed E-state index contributed by atoms with van der Waals surface area (Å²) in [5.74, 6) is -0.517. The number of hydrogen-bond donors (Lipinski definition) is 1. The highest BCUT2D eigenvalue weighted by Crippen LogP contribution is 2.38. The average molecular weight is 407 g/mol. The van der Waals surface area contributed by atoms with Gasteiger partial charge in [-0.1, -0.05) is 12.8 Å². The van der Waals surface area contributed by atoms with E-state index >= 15 is 0 Å². The summed E-state index contributed by atoms with van der Waals surface area (Å²) < 4.78 is 0.